The van der Waals surface area contributed by atoms with Gasteiger partial charge in [-0.1, -0.05) is 24.3 Å². The van der Waals surface area contributed by atoms with Crippen LogP contribution in [0.4, 0.5) is 0 Å². The number of benzene rings is 1. The molecular formula is C21H22N2O3. The average molecular weight is 350 g/mol. The molecule has 1 fully saturated rings. The number of carbonyl (C=O) groups is 2. The van der Waals surface area contributed by atoms with Crippen molar-refractivity contribution in [2.45, 2.75) is 31.2 Å². The molecule has 0 saturated heterocycles. The summed E-state index contributed by atoms with van der Waals surface area (Å²) in [5.41, 5.74) is 2.60. The smallest absolute Gasteiger partial charge is 0.149 e. The first-order valence-electron chi connectivity index (χ1n) is 9.12. The van der Waals surface area contributed by atoms with Gasteiger partial charge < -0.3 is 9.73 Å². The first-order chi connectivity index (χ1) is 12.7. The lowest BCUT2D eigenvalue weighted by atomic mass is 9.79. The molecule has 0 unspecified atom stereocenters. The van der Waals surface area contributed by atoms with E-state index in [1.807, 2.05) is 12.1 Å². The van der Waals surface area contributed by atoms with E-state index in [4.69, 9.17) is 4.42 Å². The number of fused-ring (bicyclic) bond motifs is 1. The fraction of sp³-hybridized carbons (Fsp3) is 0.381. The molecule has 1 aliphatic heterocycles. The summed E-state index contributed by atoms with van der Waals surface area (Å²) in [6, 6.07) is 12.1. The van der Waals surface area contributed by atoms with E-state index in [9.17, 15) is 9.59 Å². The standard InChI is InChI=1S/C21H22N2O3/c24-19-10-15(21-6-3-9-26-21)11-20(25)17(19)12-22-13-18-16-5-2-1-4-14(16)7-8-23-18/h1-6,9,12,15,17-18,23H,7-8,10-11,13H2/t15?,17?,18-/m0/s1. The van der Waals surface area contributed by atoms with Crippen LogP contribution in [-0.4, -0.2) is 30.9 Å². The number of carbonyl (C=O) groups excluding carboxylic acids is 2. The number of furan rings is 1. The second kappa shape index (κ2) is 7.38. The minimum atomic E-state index is -0.708. The van der Waals surface area contributed by atoms with E-state index >= 15 is 0 Å². The normalized spacial score (nSPS) is 26.2. The van der Waals surface area contributed by atoms with Gasteiger partial charge in [-0.25, -0.2) is 0 Å². The van der Waals surface area contributed by atoms with Crippen molar-refractivity contribution in [1.29, 1.82) is 0 Å². The van der Waals surface area contributed by atoms with Crippen LogP contribution in [0.1, 0.15) is 41.7 Å². The summed E-state index contributed by atoms with van der Waals surface area (Å²) in [6.07, 6.45) is 4.82. The van der Waals surface area contributed by atoms with Gasteiger partial charge in [0.05, 0.1) is 18.8 Å². The molecule has 2 aliphatic rings. The summed E-state index contributed by atoms with van der Waals surface area (Å²) < 4.78 is 5.35. The highest BCUT2D eigenvalue weighted by molar-refractivity contribution is 6.16. The van der Waals surface area contributed by atoms with Crippen molar-refractivity contribution < 1.29 is 14.0 Å². The average Bonchev–Trinajstić information content (AvgIpc) is 3.19. The van der Waals surface area contributed by atoms with Crippen molar-refractivity contribution in [1.82, 2.24) is 5.32 Å². The lowest BCUT2D eigenvalue weighted by Crippen LogP contribution is -2.34. The van der Waals surface area contributed by atoms with Crippen LogP contribution in [0.3, 0.4) is 0 Å². The summed E-state index contributed by atoms with van der Waals surface area (Å²) in [5, 5.41) is 3.47. The molecule has 134 valence electrons. The Labute approximate surface area is 152 Å². The SMILES string of the molecule is O=C1CC(c2ccco2)CC(=O)C1C=NC[C@@H]1NCCc2ccccc21. The van der Waals surface area contributed by atoms with E-state index in [1.54, 1.807) is 18.5 Å². The molecule has 1 N–H and O–H groups in total. The molecule has 5 heteroatoms. The van der Waals surface area contributed by atoms with Gasteiger partial charge in [0.2, 0.25) is 0 Å². The lowest BCUT2D eigenvalue weighted by molar-refractivity contribution is -0.133. The Hall–Kier alpha value is -2.53. The number of nitrogens with one attached hydrogen (secondary N) is 1. The number of ketones is 2. The third kappa shape index (κ3) is 3.40. The summed E-state index contributed by atoms with van der Waals surface area (Å²) in [4.78, 5) is 29.3. The van der Waals surface area contributed by atoms with E-state index in [1.165, 1.54) is 11.1 Å². The Morgan fingerprint density at radius 1 is 1.12 bits per heavy atom. The van der Waals surface area contributed by atoms with E-state index < -0.39 is 5.92 Å². The Kier molecular flexibility index (Phi) is 4.80. The number of hydrogen-bond acceptors (Lipinski definition) is 5. The van der Waals surface area contributed by atoms with Crippen molar-refractivity contribution >= 4 is 17.8 Å². The maximum Gasteiger partial charge on any atom is 0.149 e. The molecule has 1 aromatic carbocycles. The van der Waals surface area contributed by atoms with Crippen molar-refractivity contribution in [3.05, 3.63) is 59.5 Å². The molecule has 5 nitrogen and oxygen atoms in total. The van der Waals surface area contributed by atoms with E-state index in [-0.39, 0.29) is 23.5 Å². The van der Waals surface area contributed by atoms with Gasteiger partial charge in [0.15, 0.2) is 0 Å². The Morgan fingerprint density at radius 3 is 2.69 bits per heavy atom. The zero-order chi connectivity index (χ0) is 17.9. The predicted molar refractivity (Wildman–Crippen MR) is 98.4 cm³/mol. The van der Waals surface area contributed by atoms with Gasteiger partial charge in [0.1, 0.15) is 23.2 Å². The Bertz CT molecular complexity index is 808. The summed E-state index contributed by atoms with van der Waals surface area (Å²) in [6.45, 7) is 1.46. The van der Waals surface area contributed by atoms with E-state index in [2.05, 4.69) is 28.5 Å². The zero-order valence-corrected chi connectivity index (χ0v) is 14.6. The van der Waals surface area contributed by atoms with Crippen LogP contribution in [0.25, 0.3) is 0 Å². The molecule has 1 aromatic heterocycles. The fourth-order valence-electron chi connectivity index (χ4n) is 3.91. The monoisotopic (exact) mass is 350 g/mol. The van der Waals surface area contributed by atoms with Gasteiger partial charge in [-0.3, -0.25) is 14.6 Å². The number of aliphatic imine (C=N–C) groups is 1. The molecule has 4 rings (SSSR count). The van der Waals surface area contributed by atoms with Crippen molar-refractivity contribution in [3.8, 4) is 0 Å². The molecule has 1 saturated carbocycles. The highest BCUT2D eigenvalue weighted by Crippen LogP contribution is 2.31. The summed E-state index contributed by atoms with van der Waals surface area (Å²) >= 11 is 0. The third-order valence-electron chi connectivity index (χ3n) is 5.29. The largest absolute Gasteiger partial charge is 0.469 e. The van der Waals surface area contributed by atoms with Crippen LogP contribution >= 0.6 is 0 Å². The second-order valence-corrected chi connectivity index (χ2v) is 7.00. The Morgan fingerprint density at radius 2 is 1.92 bits per heavy atom. The number of nitrogens with zero attached hydrogens (tertiary/aromatic N) is 1. The quantitative estimate of drug-likeness (QED) is 0.680. The predicted octanol–water partition coefficient (Wildman–Crippen LogP) is 2.87. The molecule has 1 atom stereocenters. The molecular weight excluding hydrogens is 328 g/mol. The number of hydrogen-bond donors (Lipinski definition) is 1. The maximum atomic E-state index is 12.4. The van der Waals surface area contributed by atoms with Crippen LogP contribution in [0.15, 0.2) is 52.1 Å². The topological polar surface area (TPSA) is 71.7 Å². The number of rotatable bonds is 4. The first kappa shape index (κ1) is 16.9. The van der Waals surface area contributed by atoms with Gasteiger partial charge in [-0.05, 0) is 36.2 Å². The molecule has 1 aliphatic carbocycles. The van der Waals surface area contributed by atoms with Crippen LogP contribution in [0.2, 0.25) is 0 Å². The van der Waals surface area contributed by atoms with E-state index in [0.29, 0.717) is 25.1 Å². The van der Waals surface area contributed by atoms with E-state index in [0.717, 1.165) is 13.0 Å². The summed E-state index contributed by atoms with van der Waals surface area (Å²) in [7, 11) is 0. The van der Waals surface area contributed by atoms with Crippen LogP contribution in [0.5, 0.6) is 0 Å². The maximum absolute atomic E-state index is 12.4. The summed E-state index contributed by atoms with van der Waals surface area (Å²) in [5.74, 6) is -0.265. The number of Topliss-reactive ketones (excluding diaryl/α,β-unsaturated/α-hetero) is 2. The molecule has 0 spiro atoms. The highest BCUT2D eigenvalue weighted by Gasteiger charge is 2.36. The highest BCUT2D eigenvalue weighted by atomic mass is 16.3. The van der Waals surface area contributed by atoms with Crippen LogP contribution < -0.4 is 5.32 Å². The molecule has 2 aromatic rings. The molecule has 26 heavy (non-hydrogen) atoms. The van der Waals surface area contributed by atoms with Crippen LogP contribution in [-0.2, 0) is 16.0 Å². The molecule has 2 heterocycles. The van der Waals surface area contributed by atoms with Crippen molar-refractivity contribution in [3.63, 3.8) is 0 Å². The van der Waals surface area contributed by atoms with Crippen LogP contribution in [0, 0.1) is 5.92 Å². The third-order valence-corrected chi connectivity index (χ3v) is 5.29. The van der Waals surface area contributed by atoms with Gasteiger partial charge >= 0.3 is 0 Å². The second-order valence-electron chi connectivity index (χ2n) is 7.00. The lowest BCUT2D eigenvalue weighted by Gasteiger charge is -2.26. The Balaban J connectivity index is 1.40. The minimum Gasteiger partial charge on any atom is -0.469 e. The molecule has 0 amide bonds. The first-order valence-corrected chi connectivity index (χ1v) is 9.12. The molecule has 0 radical (unpaired) electrons. The van der Waals surface area contributed by atoms with Gasteiger partial charge in [-0.15, -0.1) is 0 Å². The van der Waals surface area contributed by atoms with Gasteiger partial charge in [-0.2, -0.15) is 0 Å². The van der Waals surface area contributed by atoms with Gasteiger partial charge in [0, 0.05) is 25.0 Å². The fourth-order valence-corrected chi connectivity index (χ4v) is 3.91. The van der Waals surface area contributed by atoms with Crippen molar-refractivity contribution in [2.75, 3.05) is 13.1 Å². The molecule has 0 bridgehead atoms. The van der Waals surface area contributed by atoms with Crippen molar-refractivity contribution in [2.24, 2.45) is 10.9 Å². The van der Waals surface area contributed by atoms with Gasteiger partial charge in [0.25, 0.3) is 0 Å². The zero-order valence-electron chi connectivity index (χ0n) is 14.6. The minimum absolute atomic E-state index is 0.0663.